The molecule has 0 bridgehead atoms. The molecule has 1 aromatic carbocycles. The van der Waals surface area contributed by atoms with E-state index in [1.807, 2.05) is 0 Å². The molecule has 1 fully saturated rings. The predicted octanol–water partition coefficient (Wildman–Crippen LogP) is 2.02. The molecule has 1 heterocycles. The number of hydrogen-bond acceptors (Lipinski definition) is 3. The number of carbonyl (C=O) groups is 1. The number of anilines is 1. The maximum Gasteiger partial charge on any atom is 0.304 e. The van der Waals surface area contributed by atoms with Crippen LogP contribution in [0.1, 0.15) is 31.2 Å². The molecule has 1 unspecified atom stereocenters. The van der Waals surface area contributed by atoms with E-state index >= 15 is 0 Å². The number of benzene rings is 1. The maximum atomic E-state index is 10.6. The molecule has 3 N–H and O–H groups in total. The second-order valence-electron chi connectivity index (χ2n) is 5.28. The Hall–Kier alpha value is -1.55. The summed E-state index contributed by atoms with van der Waals surface area (Å²) < 4.78 is 0. The van der Waals surface area contributed by atoms with Crippen molar-refractivity contribution in [1.29, 1.82) is 0 Å². The second-order valence-corrected chi connectivity index (χ2v) is 5.28. The Labute approximate surface area is 114 Å². The Kier molecular flexibility index (Phi) is 4.80. The number of carboxylic acids is 1. The van der Waals surface area contributed by atoms with Crippen LogP contribution >= 0.6 is 0 Å². The third-order valence-corrected chi connectivity index (χ3v) is 3.59. The number of carboxylic acid groups (broad SMARTS) is 1. The standard InChI is InChI=1S/C15H22N2O2/c16-13(11-15(18)19)10-12-4-6-14(7-5-12)17-8-2-1-3-9-17/h4-7,13H,1-3,8-11,16H2,(H,18,19). The smallest absolute Gasteiger partial charge is 0.304 e. The number of hydrogen-bond donors (Lipinski definition) is 2. The summed E-state index contributed by atoms with van der Waals surface area (Å²) >= 11 is 0. The third kappa shape index (κ3) is 4.24. The van der Waals surface area contributed by atoms with E-state index in [1.54, 1.807) is 0 Å². The minimum Gasteiger partial charge on any atom is -0.481 e. The lowest BCUT2D eigenvalue weighted by Crippen LogP contribution is -2.29. The van der Waals surface area contributed by atoms with Gasteiger partial charge in [0.05, 0.1) is 6.42 Å². The quantitative estimate of drug-likeness (QED) is 0.852. The molecule has 104 valence electrons. The first-order valence-corrected chi connectivity index (χ1v) is 6.96. The van der Waals surface area contributed by atoms with Gasteiger partial charge in [-0.05, 0) is 43.4 Å². The number of nitrogens with two attached hydrogens (primary N) is 1. The van der Waals surface area contributed by atoms with Crippen LogP contribution in [0.4, 0.5) is 5.69 Å². The van der Waals surface area contributed by atoms with Gasteiger partial charge in [0.1, 0.15) is 0 Å². The first kappa shape index (κ1) is 13.9. The van der Waals surface area contributed by atoms with Crippen LogP contribution in [-0.4, -0.2) is 30.2 Å². The lowest BCUT2D eigenvalue weighted by Gasteiger charge is -2.29. The monoisotopic (exact) mass is 262 g/mol. The van der Waals surface area contributed by atoms with Crippen LogP contribution < -0.4 is 10.6 Å². The fraction of sp³-hybridized carbons (Fsp3) is 0.533. The summed E-state index contributed by atoms with van der Waals surface area (Å²) in [6.07, 6.45) is 4.51. The third-order valence-electron chi connectivity index (χ3n) is 3.59. The molecule has 19 heavy (non-hydrogen) atoms. The number of rotatable bonds is 5. The van der Waals surface area contributed by atoms with E-state index < -0.39 is 5.97 Å². The van der Waals surface area contributed by atoms with Crippen molar-refractivity contribution < 1.29 is 9.90 Å². The van der Waals surface area contributed by atoms with Gasteiger partial charge in [0, 0.05) is 24.8 Å². The summed E-state index contributed by atoms with van der Waals surface area (Å²) in [5, 5.41) is 8.69. The summed E-state index contributed by atoms with van der Waals surface area (Å²) in [4.78, 5) is 13.0. The molecule has 0 aromatic heterocycles. The fourth-order valence-electron chi connectivity index (χ4n) is 2.59. The van der Waals surface area contributed by atoms with Gasteiger partial charge >= 0.3 is 5.97 Å². The van der Waals surface area contributed by atoms with Crippen LogP contribution in [0.5, 0.6) is 0 Å². The van der Waals surface area contributed by atoms with Gasteiger partial charge in [-0.1, -0.05) is 12.1 Å². The Bertz CT molecular complexity index is 411. The van der Waals surface area contributed by atoms with Crippen LogP contribution in [0.2, 0.25) is 0 Å². The molecule has 4 nitrogen and oxygen atoms in total. The van der Waals surface area contributed by atoms with Crippen molar-refractivity contribution in [3.05, 3.63) is 29.8 Å². The van der Waals surface area contributed by atoms with Crippen molar-refractivity contribution in [3.63, 3.8) is 0 Å². The summed E-state index contributed by atoms with van der Waals surface area (Å²) in [6, 6.07) is 8.05. The van der Waals surface area contributed by atoms with Crippen molar-refractivity contribution in [3.8, 4) is 0 Å². The highest BCUT2D eigenvalue weighted by atomic mass is 16.4. The van der Waals surface area contributed by atoms with Gasteiger partial charge in [-0.3, -0.25) is 4.79 Å². The molecule has 1 saturated heterocycles. The van der Waals surface area contributed by atoms with Crippen LogP contribution in [-0.2, 0) is 11.2 Å². The molecule has 1 atom stereocenters. The Morgan fingerprint density at radius 2 is 1.84 bits per heavy atom. The first-order chi connectivity index (χ1) is 9.15. The van der Waals surface area contributed by atoms with Gasteiger partial charge in [-0.15, -0.1) is 0 Å². The molecule has 0 spiro atoms. The molecular formula is C15H22N2O2. The number of nitrogens with zero attached hydrogens (tertiary/aromatic N) is 1. The van der Waals surface area contributed by atoms with Crippen LogP contribution in [0.15, 0.2) is 24.3 Å². The zero-order valence-electron chi connectivity index (χ0n) is 11.2. The first-order valence-electron chi connectivity index (χ1n) is 6.96. The van der Waals surface area contributed by atoms with Crippen LogP contribution in [0, 0.1) is 0 Å². The van der Waals surface area contributed by atoms with E-state index in [2.05, 4.69) is 29.2 Å². The molecular weight excluding hydrogens is 240 g/mol. The van der Waals surface area contributed by atoms with E-state index in [0.717, 1.165) is 18.7 Å². The van der Waals surface area contributed by atoms with Gasteiger partial charge in [-0.2, -0.15) is 0 Å². The minimum atomic E-state index is -0.836. The SMILES string of the molecule is NC(CC(=O)O)Cc1ccc(N2CCCCC2)cc1. The van der Waals surface area contributed by atoms with E-state index in [4.69, 9.17) is 10.8 Å². The van der Waals surface area contributed by atoms with E-state index in [0.29, 0.717) is 6.42 Å². The molecule has 0 amide bonds. The minimum absolute atomic E-state index is 0.0217. The molecule has 0 saturated carbocycles. The van der Waals surface area contributed by atoms with E-state index in [-0.39, 0.29) is 12.5 Å². The molecule has 1 aliphatic rings. The summed E-state index contributed by atoms with van der Waals surface area (Å²) in [6.45, 7) is 2.27. The van der Waals surface area contributed by atoms with Gasteiger partial charge in [0.15, 0.2) is 0 Å². The Morgan fingerprint density at radius 3 is 2.42 bits per heavy atom. The summed E-state index contributed by atoms with van der Waals surface area (Å²) in [7, 11) is 0. The molecule has 0 radical (unpaired) electrons. The van der Waals surface area contributed by atoms with Crippen molar-refractivity contribution in [1.82, 2.24) is 0 Å². The highest BCUT2D eigenvalue weighted by Gasteiger charge is 2.12. The second kappa shape index (κ2) is 6.57. The number of aliphatic carboxylic acids is 1. The van der Waals surface area contributed by atoms with Crippen molar-refractivity contribution >= 4 is 11.7 Å². The molecule has 4 heteroatoms. The molecule has 0 aliphatic carbocycles. The zero-order chi connectivity index (χ0) is 13.7. The zero-order valence-corrected chi connectivity index (χ0v) is 11.2. The van der Waals surface area contributed by atoms with Crippen molar-refractivity contribution in [2.45, 2.75) is 38.1 Å². The Morgan fingerprint density at radius 1 is 1.21 bits per heavy atom. The predicted molar refractivity (Wildman–Crippen MR) is 76.4 cm³/mol. The highest BCUT2D eigenvalue weighted by Crippen LogP contribution is 2.20. The van der Waals surface area contributed by atoms with E-state index in [9.17, 15) is 4.79 Å². The molecule has 2 rings (SSSR count). The summed E-state index contributed by atoms with van der Waals surface area (Å²) in [5.74, 6) is -0.836. The van der Waals surface area contributed by atoms with Crippen LogP contribution in [0.25, 0.3) is 0 Å². The van der Waals surface area contributed by atoms with Crippen molar-refractivity contribution in [2.24, 2.45) is 5.73 Å². The summed E-state index contributed by atoms with van der Waals surface area (Å²) in [5.41, 5.74) is 8.16. The number of piperidine rings is 1. The molecule has 1 aliphatic heterocycles. The Balaban J connectivity index is 1.92. The lowest BCUT2D eigenvalue weighted by molar-refractivity contribution is -0.137. The lowest BCUT2D eigenvalue weighted by atomic mass is 10.0. The van der Waals surface area contributed by atoms with Gasteiger partial charge in [0.2, 0.25) is 0 Å². The largest absolute Gasteiger partial charge is 0.481 e. The topological polar surface area (TPSA) is 66.6 Å². The van der Waals surface area contributed by atoms with Crippen LogP contribution in [0.3, 0.4) is 0 Å². The van der Waals surface area contributed by atoms with Gasteiger partial charge < -0.3 is 15.7 Å². The highest BCUT2D eigenvalue weighted by molar-refractivity contribution is 5.67. The normalized spacial score (nSPS) is 17.2. The van der Waals surface area contributed by atoms with Crippen molar-refractivity contribution in [2.75, 3.05) is 18.0 Å². The fourth-order valence-corrected chi connectivity index (χ4v) is 2.59. The maximum absolute atomic E-state index is 10.6. The van der Waals surface area contributed by atoms with Gasteiger partial charge in [-0.25, -0.2) is 0 Å². The average Bonchev–Trinajstić information content (AvgIpc) is 2.39. The van der Waals surface area contributed by atoms with Gasteiger partial charge in [0.25, 0.3) is 0 Å². The average molecular weight is 262 g/mol. The van der Waals surface area contributed by atoms with E-state index in [1.165, 1.54) is 24.9 Å². The molecule has 1 aromatic rings.